The van der Waals surface area contributed by atoms with Crippen LogP contribution in [0.1, 0.15) is 68.7 Å². The van der Waals surface area contributed by atoms with E-state index < -0.39 is 7.14 Å². The number of nitrogens with zero attached hydrogens (tertiary/aromatic N) is 2. The van der Waals surface area contributed by atoms with Gasteiger partial charge in [0.15, 0.2) is 0 Å². The summed E-state index contributed by atoms with van der Waals surface area (Å²) >= 11 is 2.33. The summed E-state index contributed by atoms with van der Waals surface area (Å²) in [7, 11) is -2.32. The molecule has 0 spiro atoms. The molecular weight excluding hydrogens is 454 g/mol. The molecule has 1 aromatic heterocycles. The number of rotatable bonds is 4. The highest BCUT2D eigenvalue weighted by Crippen LogP contribution is 2.51. The largest absolute Gasteiger partial charge is 0.319 e. The summed E-state index contributed by atoms with van der Waals surface area (Å²) < 4.78 is 16.7. The molecule has 0 N–H and O–H groups in total. The van der Waals surface area contributed by atoms with Crippen molar-refractivity contribution >= 4 is 35.0 Å². The van der Waals surface area contributed by atoms with Crippen molar-refractivity contribution < 1.29 is 4.57 Å². The molecule has 0 amide bonds. The van der Waals surface area contributed by atoms with Crippen LogP contribution in [-0.2, 0) is 4.57 Å². The van der Waals surface area contributed by atoms with E-state index in [1.165, 1.54) is 30.5 Å². The van der Waals surface area contributed by atoms with Gasteiger partial charge in [-0.2, -0.15) is 5.10 Å². The Labute approximate surface area is 171 Å². The normalized spacial score (nSPS) is 18.3. The van der Waals surface area contributed by atoms with Crippen LogP contribution in [0.5, 0.6) is 0 Å². The molecule has 3 rings (SSSR count). The van der Waals surface area contributed by atoms with Gasteiger partial charge in [0.1, 0.15) is 10.8 Å². The molecule has 1 aromatic carbocycles. The van der Waals surface area contributed by atoms with Gasteiger partial charge in [0, 0.05) is 22.2 Å². The zero-order chi connectivity index (χ0) is 19.1. The van der Waals surface area contributed by atoms with E-state index in [9.17, 15) is 4.57 Å². The average Bonchev–Trinajstić information content (AvgIpc) is 2.90. The Balaban J connectivity index is 1.98. The van der Waals surface area contributed by atoms with E-state index in [1.54, 1.807) is 0 Å². The smallest absolute Gasteiger partial charge is 0.127 e. The van der Waals surface area contributed by atoms with Crippen molar-refractivity contribution in [3.05, 3.63) is 38.7 Å². The molecule has 1 unspecified atom stereocenters. The van der Waals surface area contributed by atoms with Gasteiger partial charge in [-0.15, -0.1) is 0 Å². The van der Waals surface area contributed by atoms with Gasteiger partial charge in [0.2, 0.25) is 0 Å². The maximum atomic E-state index is 13.6. The Morgan fingerprint density at radius 3 is 2.38 bits per heavy atom. The van der Waals surface area contributed by atoms with E-state index in [4.69, 9.17) is 5.10 Å². The minimum atomic E-state index is -2.32. The van der Waals surface area contributed by atoms with Crippen LogP contribution in [0.4, 0.5) is 0 Å². The molecular formula is C21H30IN2OP. The van der Waals surface area contributed by atoms with Gasteiger partial charge in [-0.05, 0) is 85.6 Å². The van der Waals surface area contributed by atoms with Gasteiger partial charge in [-0.3, -0.25) is 0 Å². The van der Waals surface area contributed by atoms with E-state index in [0.29, 0.717) is 11.6 Å². The van der Waals surface area contributed by atoms with Gasteiger partial charge in [-0.1, -0.05) is 33.1 Å². The van der Waals surface area contributed by atoms with Crippen molar-refractivity contribution in [2.24, 2.45) is 0 Å². The molecule has 1 aliphatic rings. The zero-order valence-electron chi connectivity index (χ0n) is 16.6. The monoisotopic (exact) mass is 484 g/mol. The molecule has 142 valence electrons. The number of hydrogen-bond acceptors (Lipinski definition) is 2. The van der Waals surface area contributed by atoms with E-state index >= 15 is 0 Å². The molecule has 1 saturated carbocycles. The third-order valence-electron chi connectivity index (χ3n) is 5.89. The lowest BCUT2D eigenvalue weighted by Crippen LogP contribution is -2.20. The Morgan fingerprint density at radius 2 is 1.85 bits per heavy atom. The Kier molecular flexibility index (Phi) is 6.03. The fourth-order valence-electron chi connectivity index (χ4n) is 4.31. The molecule has 1 heterocycles. The number of aromatic nitrogens is 2. The third kappa shape index (κ3) is 3.69. The van der Waals surface area contributed by atoms with Gasteiger partial charge in [0.05, 0.1) is 5.69 Å². The maximum absolute atomic E-state index is 13.6. The summed E-state index contributed by atoms with van der Waals surface area (Å²) in [6, 6.07) is 6.35. The molecule has 1 aliphatic carbocycles. The number of benzene rings is 1. The SMILES string of the molecule is Cc1cc(P(C)(=O)C2CCCCC2)ccc1-n1nc(I)c(C(C)C)c1C. The summed E-state index contributed by atoms with van der Waals surface area (Å²) in [6.45, 7) is 10.7. The molecule has 3 nitrogen and oxygen atoms in total. The van der Waals surface area contributed by atoms with Crippen LogP contribution < -0.4 is 5.30 Å². The fourth-order valence-corrected chi connectivity index (χ4v) is 8.13. The summed E-state index contributed by atoms with van der Waals surface area (Å²) in [4.78, 5) is 0. The van der Waals surface area contributed by atoms with Crippen LogP contribution in [0.15, 0.2) is 18.2 Å². The lowest BCUT2D eigenvalue weighted by atomic mass is 10.0. The highest BCUT2D eigenvalue weighted by molar-refractivity contribution is 14.1. The molecule has 0 bridgehead atoms. The quantitative estimate of drug-likeness (QED) is 0.385. The number of halogens is 1. The van der Waals surface area contributed by atoms with Crippen LogP contribution in [0.3, 0.4) is 0 Å². The summed E-state index contributed by atoms with van der Waals surface area (Å²) in [5.41, 5.74) is 5.13. The van der Waals surface area contributed by atoms with Gasteiger partial charge in [0.25, 0.3) is 0 Å². The van der Waals surface area contributed by atoms with Crippen LogP contribution in [0.2, 0.25) is 0 Å². The van der Waals surface area contributed by atoms with Crippen molar-refractivity contribution in [1.82, 2.24) is 9.78 Å². The maximum Gasteiger partial charge on any atom is 0.127 e. The fraction of sp³-hybridized carbons (Fsp3) is 0.571. The second kappa shape index (κ2) is 7.79. The molecule has 1 fully saturated rings. The summed E-state index contributed by atoms with van der Waals surface area (Å²) in [5.74, 6) is 0.456. The highest BCUT2D eigenvalue weighted by Gasteiger charge is 2.31. The van der Waals surface area contributed by atoms with Crippen molar-refractivity contribution in [3.8, 4) is 5.69 Å². The van der Waals surface area contributed by atoms with E-state index in [0.717, 1.165) is 33.1 Å². The molecule has 2 aromatic rings. The first kappa shape index (κ1) is 20.1. The predicted octanol–water partition coefficient (Wildman–Crippen LogP) is 6.17. The minimum absolute atomic E-state index is 0.362. The zero-order valence-corrected chi connectivity index (χ0v) is 19.6. The standard InChI is InChI=1S/C21H30IN2OP/c1-14(2)20-16(4)24(23-21(20)22)19-12-11-18(13-15(19)3)26(5,25)17-9-7-6-8-10-17/h11-14,17H,6-10H2,1-5H3. The molecule has 0 aliphatic heterocycles. The molecule has 0 saturated heterocycles. The topological polar surface area (TPSA) is 34.9 Å². The van der Waals surface area contributed by atoms with Crippen LogP contribution in [0, 0.1) is 17.5 Å². The first-order valence-corrected chi connectivity index (χ1v) is 13.0. The third-order valence-corrected chi connectivity index (χ3v) is 9.90. The van der Waals surface area contributed by atoms with E-state index in [1.807, 2.05) is 6.66 Å². The number of aryl methyl sites for hydroxylation is 1. The Morgan fingerprint density at radius 1 is 1.19 bits per heavy atom. The second-order valence-corrected chi connectivity index (χ2v) is 12.4. The summed E-state index contributed by atoms with van der Waals surface area (Å²) in [5, 5.41) is 5.81. The van der Waals surface area contributed by atoms with Crippen LogP contribution >= 0.6 is 29.7 Å². The first-order valence-electron chi connectivity index (χ1n) is 9.67. The molecule has 0 radical (unpaired) electrons. The Bertz CT molecular complexity index is 850. The van der Waals surface area contributed by atoms with Crippen LogP contribution in [-0.4, -0.2) is 22.1 Å². The lowest BCUT2D eigenvalue weighted by Gasteiger charge is -2.28. The number of hydrogen-bond donors (Lipinski definition) is 0. The van der Waals surface area contributed by atoms with Gasteiger partial charge >= 0.3 is 0 Å². The molecule has 5 heteroatoms. The van der Waals surface area contributed by atoms with Crippen LogP contribution in [0.25, 0.3) is 5.69 Å². The van der Waals surface area contributed by atoms with Gasteiger partial charge in [-0.25, -0.2) is 4.68 Å². The van der Waals surface area contributed by atoms with Crippen molar-refractivity contribution in [3.63, 3.8) is 0 Å². The lowest BCUT2D eigenvalue weighted by molar-refractivity contribution is 0.488. The highest BCUT2D eigenvalue weighted by atomic mass is 127. The van der Waals surface area contributed by atoms with Crippen molar-refractivity contribution in [2.45, 2.75) is 71.4 Å². The van der Waals surface area contributed by atoms with Crippen molar-refractivity contribution in [2.75, 3.05) is 6.66 Å². The van der Waals surface area contributed by atoms with E-state index in [2.05, 4.69) is 73.2 Å². The summed E-state index contributed by atoms with van der Waals surface area (Å²) in [6.07, 6.45) is 5.97. The first-order chi connectivity index (χ1) is 12.2. The van der Waals surface area contributed by atoms with E-state index in [-0.39, 0.29) is 0 Å². The second-order valence-electron chi connectivity index (χ2n) is 8.11. The average molecular weight is 484 g/mol. The molecule has 1 atom stereocenters. The molecule has 26 heavy (non-hydrogen) atoms. The van der Waals surface area contributed by atoms with Crippen molar-refractivity contribution in [1.29, 1.82) is 0 Å². The Hall–Kier alpha value is -0.610. The minimum Gasteiger partial charge on any atom is -0.319 e. The van der Waals surface area contributed by atoms with Gasteiger partial charge < -0.3 is 4.57 Å². The predicted molar refractivity (Wildman–Crippen MR) is 120 cm³/mol.